The van der Waals surface area contributed by atoms with E-state index in [2.05, 4.69) is 64.1 Å². The van der Waals surface area contributed by atoms with Gasteiger partial charge >= 0.3 is 0 Å². The summed E-state index contributed by atoms with van der Waals surface area (Å²) in [6, 6.07) is 13.8. The molecule has 0 aromatic carbocycles. The monoisotopic (exact) mass is 654 g/mol. The van der Waals surface area contributed by atoms with E-state index >= 15 is 0 Å². The molecule has 1 nitrogen and oxygen atoms in total. The van der Waals surface area contributed by atoms with Crippen molar-refractivity contribution in [1.82, 2.24) is 0 Å². The van der Waals surface area contributed by atoms with Gasteiger partial charge in [-0.25, -0.2) is 4.21 Å². The molecule has 0 saturated heterocycles. The number of unbranched alkanes of at least 4 members (excludes halogenated alkanes) is 6. The fourth-order valence-corrected chi connectivity index (χ4v) is 14.2. The van der Waals surface area contributed by atoms with E-state index in [1.165, 1.54) is 124 Å². The van der Waals surface area contributed by atoms with Gasteiger partial charge in [0.25, 0.3) is 0 Å². The van der Waals surface area contributed by atoms with Crippen LogP contribution in [-0.4, -0.2) is 4.21 Å². The Balaban J connectivity index is 1.23. The summed E-state index contributed by atoms with van der Waals surface area (Å²) in [7, 11) is -1.10. The molecule has 6 heterocycles. The van der Waals surface area contributed by atoms with E-state index in [-0.39, 0.29) is 0 Å². The maximum atomic E-state index is 13.9. The number of fused-ring (bicyclic) bond motifs is 3. The van der Waals surface area contributed by atoms with Crippen LogP contribution in [0.1, 0.15) is 86.1 Å². The second kappa shape index (κ2) is 13.1. The molecule has 7 heteroatoms. The Morgan fingerprint density at radius 3 is 1.51 bits per heavy atom. The number of hydrogen-bond donors (Lipinski definition) is 0. The minimum absolute atomic E-state index is 1.06. The topological polar surface area (TPSA) is 17.1 Å². The van der Waals surface area contributed by atoms with Gasteiger partial charge in [0, 0.05) is 39.0 Å². The first kappa shape index (κ1) is 29.7. The third-order valence-corrected chi connectivity index (χ3v) is 16.6. The molecule has 41 heavy (non-hydrogen) atoms. The van der Waals surface area contributed by atoms with Crippen molar-refractivity contribution >= 4 is 67.5 Å². The van der Waals surface area contributed by atoms with Crippen LogP contribution in [0.2, 0.25) is 0 Å². The van der Waals surface area contributed by atoms with E-state index < -0.39 is 10.8 Å². The summed E-state index contributed by atoms with van der Waals surface area (Å²) in [4.78, 5) is 15.5. The van der Waals surface area contributed by atoms with Crippen LogP contribution >= 0.6 is 56.7 Å². The maximum Gasteiger partial charge on any atom is 0.0886 e. The molecular weight excluding hydrogens is 617 g/mol. The van der Waals surface area contributed by atoms with Crippen molar-refractivity contribution < 1.29 is 4.21 Å². The van der Waals surface area contributed by atoms with E-state index in [4.69, 9.17) is 0 Å². The van der Waals surface area contributed by atoms with Crippen LogP contribution in [0.4, 0.5) is 0 Å². The van der Waals surface area contributed by atoms with Gasteiger partial charge in [0.15, 0.2) is 0 Å². The molecule has 1 aliphatic heterocycles. The van der Waals surface area contributed by atoms with Gasteiger partial charge in [-0.05, 0) is 87.1 Å². The lowest BCUT2D eigenvalue weighted by molar-refractivity contribution is 0.670. The van der Waals surface area contributed by atoms with Crippen LogP contribution in [0.5, 0.6) is 0 Å². The molecule has 0 radical (unpaired) electrons. The fourth-order valence-electron chi connectivity index (χ4n) is 5.64. The molecule has 0 amide bonds. The summed E-state index contributed by atoms with van der Waals surface area (Å²) in [5.41, 5.74) is 2.42. The Hall–Kier alpha value is -1.35. The minimum Gasteiger partial charge on any atom is -0.249 e. The predicted octanol–water partition coefficient (Wildman–Crippen LogP) is 13.0. The Bertz CT molecular complexity index is 1670. The van der Waals surface area contributed by atoms with Crippen LogP contribution in [0.25, 0.3) is 39.0 Å². The molecule has 5 aromatic rings. The van der Waals surface area contributed by atoms with Gasteiger partial charge in [0.2, 0.25) is 0 Å². The predicted molar refractivity (Wildman–Crippen MR) is 187 cm³/mol. The summed E-state index contributed by atoms with van der Waals surface area (Å²) in [6.45, 7) is 8.90. The highest BCUT2D eigenvalue weighted by Gasteiger charge is 2.36. The Labute approximate surface area is 267 Å². The van der Waals surface area contributed by atoms with Crippen molar-refractivity contribution in [3.8, 4) is 39.0 Å². The molecule has 6 rings (SSSR count). The molecule has 5 aromatic heterocycles. The molecule has 0 fully saturated rings. The average Bonchev–Trinajstić information content (AvgIpc) is 3.79. The Morgan fingerprint density at radius 1 is 0.512 bits per heavy atom. The number of aryl methyl sites for hydroxylation is 2. The van der Waals surface area contributed by atoms with Gasteiger partial charge in [-0.2, -0.15) is 0 Å². The normalized spacial score (nSPS) is 14.2. The van der Waals surface area contributed by atoms with Crippen LogP contribution in [0.15, 0.2) is 46.2 Å². The van der Waals surface area contributed by atoms with Crippen molar-refractivity contribution in [1.29, 1.82) is 0 Å². The van der Waals surface area contributed by atoms with E-state index in [1.54, 1.807) is 0 Å². The summed E-state index contributed by atoms with van der Waals surface area (Å²) in [5.74, 6) is 0. The Kier molecular flexibility index (Phi) is 9.50. The van der Waals surface area contributed by atoms with Crippen LogP contribution in [0, 0.1) is 13.8 Å². The van der Waals surface area contributed by atoms with Crippen molar-refractivity contribution in [3.63, 3.8) is 0 Å². The highest BCUT2D eigenvalue weighted by atomic mass is 32.2. The lowest BCUT2D eigenvalue weighted by atomic mass is 10.1. The molecular formula is C34H38OS6. The molecule has 1 aliphatic rings. The number of thiophene rings is 5. The summed E-state index contributed by atoms with van der Waals surface area (Å²) < 4.78 is 13.9. The van der Waals surface area contributed by atoms with Crippen molar-refractivity contribution in [2.24, 2.45) is 0 Å². The third kappa shape index (κ3) is 5.92. The van der Waals surface area contributed by atoms with E-state index in [0.29, 0.717) is 0 Å². The zero-order valence-corrected chi connectivity index (χ0v) is 29.3. The zero-order chi connectivity index (χ0) is 28.5. The second-order valence-electron chi connectivity index (χ2n) is 11.0. The fraction of sp³-hybridized carbons (Fsp3) is 0.412. The molecule has 216 valence electrons. The van der Waals surface area contributed by atoms with Crippen molar-refractivity contribution in [2.45, 2.75) is 102 Å². The standard InChI is InChI=1S/C34H38OS6/c1-5-7-9-11-13-23-15-17-25(36-23)26-19-20-28(38-26)30-22(4)34-32(40-30)31-33(41(34)35)21(3)29(39-31)27-18-16-24(37-27)14-12-10-8-6-2/h15-20H,5-14H2,1-4H3. The molecule has 1 atom stereocenters. The lowest BCUT2D eigenvalue weighted by Crippen LogP contribution is -1.90. The maximum absolute atomic E-state index is 13.9. The molecule has 0 bridgehead atoms. The van der Waals surface area contributed by atoms with Gasteiger partial charge in [-0.3, -0.25) is 0 Å². The van der Waals surface area contributed by atoms with E-state index in [0.717, 1.165) is 9.79 Å². The number of hydrogen-bond acceptors (Lipinski definition) is 6. The van der Waals surface area contributed by atoms with Gasteiger partial charge in [-0.1, -0.05) is 52.4 Å². The SMILES string of the molecule is CCCCCCc1ccc(-c2ccc(-c3sc4c(c3C)S(=O)c3c-4sc(-c4ccc(CCCCCC)s4)c3C)s2)s1. The van der Waals surface area contributed by atoms with Crippen molar-refractivity contribution in [2.75, 3.05) is 0 Å². The average molecular weight is 655 g/mol. The van der Waals surface area contributed by atoms with Crippen LogP contribution in [-0.2, 0) is 23.6 Å². The highest BCUT2D eigenvalue weighted by molar-refractivity contribution is 7.86. The summed E-state index contributed by atoms with van der Waals surface area (Å²) in [5, 5.41) is 0. The van der Waals surface area contributed by atoms with Gasteiger partial charge in [0.1, 0.15) is 0 Å². The smallest absolute Gasteiger partial charge is 0.0886 e. The molecule has 0 aliphatic carbocycles. The third-order valence-electron chi connectivity index (χ3n) is 7.93. The molecule has 0 N–H and O–H groups in total. The van der Waals surface area contributed by atoms with Gasteiger partial charge < -0.3 is 0 Å². The minimum atomic E-state index is -1.10. The summed E-state index contributed by atoms with van der Waals surface area (Å²) >= 11 is 9.47. The molecule has 1 unspecified atom stereocenters. The molecule has 0 saturated carbocycles. The van der Waals surface area contributed by atoms with Gasteiger partial charge in [-0.15, -0.1) is 56.7 Å². The van der Waals surface area contributed by atoms with Crippen LogP contribution in [0.3, 0.4) is 0 Å². The first-order valence-corrected chi connectivity index (χ1v) is 20.2. The van der Waals surface area contributed by atoms with Gasteiger partial charge in [0.05, 0.1) is 30.3 Å². The van der Waals surface area contributed by atoms with E-state index in [9.17, 15) is 4.21 Å². The number of rotatable bonds is 13. The van der Waals surface area contributed by atoms with Crippen molar-refractivity contribution in [3.05, 3.63) is 57.3 Å². The largest absolute Gasteiger partial charge is 0.249 e. The second-order valence-corrected chi connectivity index (χ2v) is 17.8. The zero-order valence-electron chi connectivity index (χ0n) is 24.4. The first-order valence-electron chi connectivity index (χ1n) is 15.0. The highest BCUT2D eigenvalue weighted by Crippen LogP contribution is 2.58. The molecule has 0 spiro atoms. The first-order chi connectivity index (χ1) is 20.0. The lowest BCUT2D eigenvalue weighted by Gasteiger charge is -2.01. The van der Waals surface area contributed by atoms with E-state index in [1.807, 2.05) is 56.7 Å². The summed E-state index contributed by atoms with van der Waals surface area (Å²) in [6.07, 6.45) is 12.8. The Morgan fingerprint density at radius 2 is 0.951 bits per heavy atom. The quantitative estimate of drug-likeness (QED) is 0.113. The van der Waals surface area contributed by atoms with Crippen LogP contribution < -0.4 is 0 Å².